The molecule has 3 heteroatoms. The van der Waals surface area contributed by atoms with Crippen molar-refractivity contribution in [1.29, 1.82) is 0 Å². The average molecular weight is 276 g/mol. The largest absolute Gasteiger partial charge is 0.378 e. The number of rotatable bonds is 4. The number of nitrogens with zero attached hydrogens (tertiary/aromatic N) is 1. The van der Waals surface area contributed by atoms with Crippen LogP contribution in [0.1, 0.15) is 44.4 Å². The summed E-state index contributed by atoms with van der Waals surface area (Å²) in [6.45, 7) is 11.3. The Hall–Kier alpha value is -0.900. The molecule has 112 valence electrons. The minimum Gasteiger partial charge on any atom is -0.378 e. The smallest absolute Gasteiger partial charge is 0.0645 e. The van der Waals surface area contributed by atoms with Crippen molar-refractivity contribution >= 4 is 0 Å². The van der Waals surface area contributed by atoms with Gasteiger partial charge in [0, 0.05) is 18.1 Å². The second-order valence-corrected chi connectivity index (χ2v) is 6.49. The third kappa shape index (κ3) is 3.22. The van der Waals surface area contributed by atoms with Gasteiger partial charge in [-0.05, 0) is 32.8 Å². The van der Waals surface area contributed by atoms with E-state index in [0.29, 0.717) is 0 Å². The van der Waals surface area contributed by atoms with Crippen LogP contribution in [-0.2, 0) is 4.74 Å². The van der Waals surface area contributed by atoms with Crippen molar-refractivity contribution in [2.24, 2.45) is 5.73 Å². The van der Waals surface area contributed by atoms with Gasteiger partial charge in [-0.3, -0.25) is 4.90 Å². The first kappa shape index (κ1) is 15.5. The number of hydrogen-bond acceptors (Lipinski definition) is 3. The highest BCUT2D eigenvalue weighted by molar-refractivity contribution is 5.27. The second kappa shape index (κ2) is 6.25. The minimum atomic E-state index is 0.0272. The molecule has 20 heavy (non-hydrogen) atoms. The third-order valence-corrected chi connectivity index (χ3v) is 4.31. The van der Waals surface area contributed by atoms with E-state index >= 15 is 0 Å². The Bertz CT molecular complexity index is 444. The van der Waals surface area contributed by atoms with Gasteiger partial charge in [-0.1, -0.05) is 36.8 Å². The van der Waals surface area contributed by atoms with Crippen LogP contribution in [0.15, 0.2) is 24.3 Å². The summed E-state index contributed by atoms with van der Waals surface area (Å²) in [4.78, 5) is 2.53. The van der Waals surface area contributed by atoms with Gasteiger partial charge in [0.25, 0.3) is 0 Å². The lowest BCUT2D eigenvalue weighted by Crippen LogP contribution is -2.57. The van der Waals surface area contributed by atoms with E-state index in [1.807, 2.05) is 0 Å². The molecular formula is C17H28N2O. The SMILES string of the molecule is CCC(N)C(c1cccc(C)c1)N1CCOCC1(C)C. The van der Waals surface area contributed by atoms with Crippen LogP contribution in [0.3, 0.4) is 0 Å². The number of nitrogens with two attached hydrogens (primary N) is 1. The highest BCUT2D eigenvalue weighted by atomic mass is 16.5. The fourth-order valence-electron chi connectivity index (χ4n) is 3.12. The van der Waals surface area contributed by atoms with Gasteiger partial charge in [-0.25, -0.2) is 0 Å². The fourth-order valence-corrected chi connectivity index (χ4v) is 3.12. The lowest BCUT2D eigenvalue weighted by Gasteiger charge is -2.48. The van der Waals surface area contributed by atoms with Gasteiger partial charge in [0.2, 0.25) is 0 Å². The van der Waals surface area contributed by atoms with Gasteiger partial charge in [0.05, 0.1) is 19.3 Å². The Morgan fingerprint density at radius 2 is 2.15 bits per heavy atom. The maximum absolute atomic E-state index is 6.47. The van der Waals surface area contributed by atoms with E-state index in [2.05, 4.69) is 56.9 Å². The van der Waals surface area contributed by atoms with Gasteiger partial charge in [-0.2, -0.15) is 0 Å². The lowest BCUT2D eigenvalue weighted by atomic mass is 9.90. The molecule has 1 aliphatic heterocycles. The van der Waals surface area contributed by atoms with Crippen molar-refractivity contribution in [3.63, 3.8) is 0 Å². The summed E-state index contributed by atoms with van der Waals surface area (Å²) < 4.78 is 5.66. The highest BCUT2D eigenvalue weighted by Crippen LogP contribution is 2.33. The highest BCUT2D eigenvalue weighted by Gasteiger charge is 2.38. The first-order valence-corrected chi connectivity index (χ1v) is 7.62. The lowest BCUT2D eigenvalue weighted by molar-refractivity contribution is -0.0777. The molecule has 1 saturated heterocycles. The minimum absolute atomic E-state index is 0.0272. The molecule has 0 amide bonds. The zero-order valence-corrected chi connectivity index (χ0v) is 13.2. The molecule has 1 heterocycles. The normalized spacial score (nSPS) is 22.4. The van der Waals surface area contributed by atoms with Crippen molar-refractivity contribution in [2.75, 3.05) is 19.8 Å². The number of aryl methyl sites for hydroxylation is 1. The first-order valence-electron chi connectivity index (χ1n) is 7.62. The first-order chi connectivity index (χ1) is 9.45. The molecule has 0 radical (unpaired) electrons. The molecule has 3 nitrogen and oxygen atoms in total. The number of hydrogen-bond donors (Lipinski definition) is 1. The van der Waals surface area contributed by atoms with Gasteiger partial charge in [0.1, 0.15) is 0 Å². The Morgan fingerprint density at radius 1 is 1.40 bits per heavy atom. The van der Waals surface area contributed by atoms with E-state index in [-0.39, 0.29) is 17.6 Å². The molecular weight excluding hydrogens is 248 g/mol. The predicted molar refractivity (Wildman–Crippen MR) is 83.8 cm³/mol. The molecule has 0 aromatic heterocycles. The summed E-state index contributed by atoms with van der Waals surface area (Å²) in [5, 5.41) is 0. The summed E-state index contributed by atoms with van der Waals surface area (Å²) in [7, 11) is 0. The summed E-state index contributed by atoms with van der Waals surface area (Å²) in [6, 6.07) is 9.16. The maximum Gasteiger partial charge on any atom is 0.0645 e. The standard InChI is InChI=1S/C17H28N2O/c1-5-15(18)16(14-8-6-7-13(2)11-14)19-9-10-20-12-17(19,3)4/h6-8,11,15-16H,5,9-10,12,18H2,1-4H3. The zero-order chi connectivity index (χ0) is 14.8. The summed E-state index contributed by atoms with van der Waals surface area (Å²) >= 11 is 0. The van der Waals surface area contributed by atoms with E-state index in [1.54, 1.807) is 0 Å². The Kier molecular flexibility index (Phi) is 4.84. The molecule has 2 N–H and O–H groups in total. The van der Waals surface area contributed by atoms with E-state index < -0.39 is 0 Å². The number of morpholine rings is 1. The molecule has 0 aliphatic carbocycles. The monoisotopic (exact) mass is 276 g/mol. The van der Waals surface area contributed by atoms with Crippen LogP contribution in [0.2, 0.25) is 0 Å². The van der Waals surface area contributed by atoms with Crippen LogP contribution < -0.4 is 5.73 Å². The molecule has 2 atom stereocenters. The Balaban J connectivity index is 2.37. The van der Waals surface area contributed by atoms with Crippen molar-refractivity contribution in [3.05, 3.63) is 35.4 Å². The maximum atomic E-state index is 6.47. The second-order valence-electron chi connectivity index (χ2n) is 6.49. The molecule has 2 unspecified atom stereocenters. The van der Waals surface area contributed by atoms with Gasteiger partial charge in [-0.15, -0.1) is 0 Å². The molecule has 1 aromatic carbocycles. The van der Waals surface area contributed by atoms with Crippen LogP contribution in [0.5, 0.6) is 0 Å². The van der Waals surface area contributed by atoms with Crippen LogP contribution >= 0.6 is 0 Å². The van der Waals surface area contributed by atoms with Crippen molar-refractivity contribution < 1.29 is 4.74 Å². The fraction of sp³-hybridized carbons (Fsp3) is 0.647. The molecule has 0 saturated carbocycles. The zero-order valence-electron chi connectivity index (χ0n) is 13.2. The van der Waals surface area contributed by atoms with Gasteiger partial charge < -0.3 is 10.5 Å². The topological polar surface area (TPSA) is 38.5 Å². The van der Waals surface area contributed by atoms with Gasteiger partial charge >= 0.3 is 0 Å². The Labute approximate surface area is 123 Å². The number of benzene rings is 1. The van der Waals surface area contributed by atoms with Gasteiger partial charge in [0.15, 0.2) is 0 Å². The molecule has 0 spiro atoms. The summed E-state index contributed by atoms with van der Waals surface area (Å²) in [5.74, 6) is 0. The van der Waals surface area contributed by atoms with Crippen LogP contribution in [-0.4, -0.2) is 36.2 Å². The third-order valence-electron chi connectivity index (χ3n) is 4.31. The number of ether oxygens (including phenoxy) is 1. The summed E-state index contributed by atoms with van der Waals surface area (Å²) in [6.07, 6.45) is 0.978. The van der Waals surface area contributed by atoms with E-state index in [1.165, 1.54) is 11.1 Å². The predicted octanol–water partition coefficient (Wildman–Crippen LogP) is 2.88. The molecule has 1 fully saturated rings. The van der Waals surface area contributed by atoms with Crippen molar-refractivity contribution in [1.82, 2.24) is 4.90 Å². The van der Waals surface area contributed by atoms with Crippen molar-refractivity contribution in [3.8, 4) is 0 Å². The molecule has 0 bridgehead atoms. The van der Waals surface area contributed by atoms with Crippen molar-refractivity contribution in [2.45, 2.75) is 51.7 Å². The molecule has 1 aliphatic rings. The summed E-state index contributed by atoms with van der Waals surface area (Å²) in [5.41, 5.74) is 9.12. The van der Waals surface area contributed by atoms with Crippen LogP contribution in [0.25, 0.3) is 0 Å². The average Bonchev–Trinajstić information content (AvgIpc) is 2.40. The Morgan fingerprint density at radius 3 is 2.75 bits per heavy atom. The molecule has 2 rings (SSSR count). The van der Waals surface area contributed by atoms with E-state index in [9.17, 15) is 0 Å². The quantitative estimate of drug-likeness (QED) is 0.919. The van der Waals surface area contributed by atoms with E-state index in [4.69, 9.17) is 10.5 Å². The van der Waals surface area contributed by atoms with E-state index in [0.717, 1.165) is 26.2 Å². The van der Waals surface area contributed by atoms with Crippen LogP contribution in [0, 0.1) is 6.92 Å². The molecule has 1 aromatic rings. The van der Waals surface area contributed by atoms with Crippen LogP contribution in [0.4, 0.5) is 0 Å².